The molecule has 15 rings (SSSR count). The fraction of sp³-hybridized carbons (Fsp3) is 0.788. The molecule has 2 aromatic rings. The van der Waals surface area contributed by atoms with Gasteiger partial charge in [0.05, 0.1) is 25.6 Å². The molecule has 12 aliphatic carbocycles. The van der Waals surface area contributed by atoms with Gasteiger partial charge in [0.2, 0.25) is 23.7 Å². The number of nitrogens with two attached hydrogens (primary N) is 1. The number of imidazole rings is 1. The molecule has 0 radical (unpaired) electrons. The number of aromatic nitrogens is 4. The van der Waals surface area contributed by atoms with Crippen LogP contribution in [0.15, 0.2) is 11.1 Å². The number of H-pyrrole nitrogens is 1. The maximum absolute atomic E-state index is 14.0. The van der Waals surface area contributed by atoms with E-state index in [2.05, 4.69) is 30.9 Å². The molecule has 384 valence electrons. The van der Waals surface area contributed by atoms with E-state index in [1.54, 1.807) is 0 Å². The highest BCUT2D eigenvalue weighted by molar-refractivity contribution is 5.83. The summed E-state index contributed by atoms with van der Waals surface area (Å²) in [7, 11) is 0. The molecule has 1 saturated heterocycles. The minimum Gasteiger partial charge on any atom is -0.463 e. The van der Waals surface area contributed by atoms with E-state index in [-0.39, 0.29) is 90.0 Å². The third-order valence-electron chi connectivity index (χ3n) is 19.0. The molecular formula is C52H70N8O11. The summed E-state index contributed by atoms with van der Waals surface area (Å²) in [6, 6.07) is 0. The summed E-state index contributed by atoms with van der Waals surface area (Å²) in [5.74, 6) is 2.47. The lowest BCUT2D eigenvalue weighted by atomic mass is 9.53. The average molecular weight is 983 g/mol. The Bertz CT molecular complexity index is 2430. The third-order valence-corrected chi connectivity index (χ3v) is 19.0. The van der Waals surface area contributed by atoms with Gasteiger partial charge in [-0.2, -0.15) is 4.98 Å². The second-order valence-electron chi connectivity index (χ2n) is 24.7. The number of ether oxygens (including phenoxy) is 4. The van der Waals surface area contributed by atoms with Gasteiger partial charge in [0.25, 0.3) is 5.56 Å². The zero-order valence-electron chi connectivity index (χ0n) is 40.7. The third kappa shape index (κ3) is 9.57. The maximum Gasteiger partial charge on any atom is 0.306 e. The minimum absolute atomic E-state index is 0.0126. The number of carbonyl (C=O) groups excluding carboxylic acids is 6. The smallest absolute Gasteiger partial charge is 0.306 e. The fourth-order valence-electron chi connectivity index (χ4n) is 17.6. The Morgan fingerprint density at radius 1 is 0.592 bits per heavy atom. The lowest BCUT2D eigenvalue weighted by Crippen LogP contribution is -2.59. The highest BCUT2D eigenvalue weighted by Crippen LogP contribution is 2.58. The number of nitrogens with one attached hydrogen (secondary N) is 4. The molecule has 4 atom stereocenters. The molecule has 1 aliphatic heterocycles. The Morgan fingerprint density at radius 2 is 0.972 bits per heavy atom. The van der Waals surface area contributed by atoms with Crippen LogP contribution in [0.5, 0.6) is 0 Å². The molecule has 3 amide bonds. The summed E-state index contributed by atoms with van der Waals surface area (Å²) in [5, 5.41) is 9.92. The van der Waals surface area contributed by atoms with Crippen LogP contribution in [0.2, 0.25) is 0 Å². The monoisotopic (exact) mass is 983 g/mol. The number of esters is 3. The van der Waals surface area contributed by atoms with Crippen LogP contribution in [-0.4, -0.2) is 96.7 Å². The van der Waals surface area contributed by atoms with Crippen molar-refractivity contribution in [3.63, 3.8) is 0 Å². The molecule has 19 nitrogen and oxygen atoms in total. The highest BCUT2D eigenvalue weighted by Gasteiger charge is 2.55. The van der Waals surface area contributed by atoms with Gasteiger partial charge >= 0.3 is 17.9 Å². The van der Waals surface area contributed by atoms with Gasteiger partial charge in [0.15, 0.2) is 29.6 Å². The Kier molecular flexibility index (Phi) is 12.0. The molecule has 12 bridgehead atoms. The SMILES string of the molecule is Nc1nc2c(ncn2[C@@H]2O[C@H](COC(=O)CCC(=O)NC34CC5CC(CC(C5)C3)C4)[C@@H](OC(=O)CCC(=O)NC34CC5CC(CC(C5)C3)C4)[C@H]2OC(=O)CCC(=O)NC23CC4CC(CC(C4)C2)C3)c(=O)[nH]1. The normalized spacial score (nSPS) is 39.6. The maximum atomic E-state index is 14.0. The quantitative estimate of drug-likeness (QED) is 0.108. The zero-order chi connectivity index (χ0) is 48.8. The van der Waals surface area contributed by atoms with Crippen LogP contribution in [0.1, 0.15) is 160 Å². The zero-order valence-corrected chi connectivity index (χ0v) is 40.7. The van der Waals surface area contributed by atoms with Crippen molar-refractivity contribution in [2.24, 2.45) is 53.3 Å². The van der Waals surface area contributed by atoms with Crippen LogP contribution in [0.3, 0.4) is 0 Å². The number of rotatable bonds is 17. The molecule has 3 heterocycles. The lowest BCUT2D eigenvalue weighted by molar-refractivity contribution is -0.170. The minimum atomic E-state index is -1.44. The first-order chi connectivity index (χ1) is 34.1. The van der Waals surface area contributed by atoms with E-state index < -0.39 is 54.6 Å². The van der Waals surface area contributed by atoms with Gasteiger partial charge < -0.3 is 40.6 Å². The van der Waals surface area contributed by atoms with Crippen molar-refractivity contribution in [1.82, 2.24) is 35.5 Å². The molecule has 0 aromatic carbocycles. The van der Waals surface area contributed by atoms with Crippen LogP contribution in [0, 0.1) is 53.3 Å². The van der Waals surface area contributed by atoms with Crippen molar-refractivity contribution in [3.05, 3.63) is 16.7 Å². The number of nitrogens with zero attached hydrogens (tertiary/aromatic N) is 3. The summed E-state index contributed by atoms with van der Waals surface area (Å²) in [6.45, 7) is -0.472. The van der Waals surface area contributed by atoms with Gasteiger partial charge in [0, 0.05) is 35.9 Å². The van der Waals surface area contributed by atoms with Crippen LogP contribution in [0.4, 0.5) is 5.95 Å². The van der Waals surface area contributed by atoms with E-state index in [0.717, 1.165) is 57.8 Å². The molecule has 12 saturated carbocycles. The van der Waals surface area contributed by atoms with E-state index in [4.69, 9.17) is 24.7 Å². The van der Waals surface area contributed by atoms with Crippen molar-refractivity contribution in [2.75, 3.05) is 12.3 Å². The number of aromatic amines is 1. The van der Waals surface area contributed by atoms with Gasteiger partial charge in [-0.15, -0.1) is 0 Å². The van der Waals surface area contributed by atoms with Crippen LogP contribution >= 0.6 is 0 Å². The largest absolute Gasteiger partial charge is 0.463 e. The molecule has 0 unspecified atom stereocenters. The van der Waals surface area contributed by atoms with Crippen molar-refractivity contribution >= 4 is 52.7 Å². The summed E-state index contributed by atoms with van der Waals surface area (Å²) >= 11 is 0. The molecule has 0 spiro atoms. The van der Waals surface area contributed by atoms with Crippen molar-refractivity contribution in [3.8, 4) is 0 Å². The van der Waals surface area contributed by atoms with Crippen LogP contribution in [-0.2, 0) is 47.7 Å². The number of carbonyl (C=O) groups is 6. The summed E-state index contributed by atoms with van der Waals surface area (Å²) in [5.41, 5.74) is 4.54. The Hall–Kier alpha value is -5.07. The van der Waals surface area contributed by atoms with E-state index in [0.29, 0.717) is 53.3 Å². The first kappa shape index (κ1) is 47.0. The molecule has 71 heavy (non-hydrogen) atoms. The molecule has 6 N–H and O–H groups in total. The molecule has 19 heteroatoms. The number of nitrogen functional groups attached to an aromatic ring is 1. The predicted octanol–water partition coefficient (Wildman–Crippen LogP) is 4.56. The number of amides is 3. The van der Waals surface area contributed by atoms with Crippen LogP contribution < -0.4 is 27.2 Å². The number of hydrogen-bond donors (Lipinski definition) is 5. The standard InChI is InChI=1S/C52H70N8O11/c53-49-55-46-43(47(67)56-49)54-26-60(46)48-45(71-42(66)6-3-39(63)59-52-22-33-13-34(23-52)15-35(14-33)24-52)44(70-41(65)5-2-38(62)58-51-19-30-10-31(20-51)12-32(11-30)21-51)36(69-48)25-68-40(64)4-1-37(61)57-50-16-27-7-28(17-50)9-29(8-27)18-50/h26-36,44-45,48H,1-25H2,(H,57,61)(H,58,62)(H,59,63)(H3,53,55,56,67)/t27?,28?,29?,30?,31?,32?,33?,34?,35?,36-,44-,45-,48-,50?,51?,52?/m1/s1. The van der Waals surface area contributed by atoms with E-state index in [1.165, 1.54) is 68.7 Å². The van der Waals surface area contributed by atoms with Gasteiger partial charge in [0.1, 0.15) is 12.7 Å². The van der Waals surface area contributed by atoms with Crippen molar-refractivity contribution in [1.29, 1.82) is 0 Å². The van der Waals surface area contributed by atoms with E-state index >= 15 is 0 Å². The Balaban J connectivity index is 0.744. The highest BCUT2D eigenvalue weighted by atomic mass is 16.7. The average Bonchev–Trinajstić information content (AvgIpc) is 3.84. The molecular weight excluding hydrogens is 913 g/mol. The Labute approximate surface area is 412 Å². The first-order valence-corrected chi connectivity index (χ1v) is 27.0. The first-order valence-electron chi connectivity index (χ1n) is 27.0. The molecule has 13 fully saturated rings. The van der Waals surface area contributed by atoms with Gasteiger partial charge in [-0.25, -0.2) is 4.98 Å². The fourth-order valence-corrected chi connectivity index (χ4v) is 17.6. The predicted molar refractivity (Wildman–Crippen MR) is 252 cm³/mol. The van der Waals surface area contributed by atoms with E-state index in [9.17, 15) is 33.6 Å². The van der Waals surface area contributed by atoms with Crippen molar-refractivity contribution in [2.45, 2.75) is 195 Å². The second kappa shape index (κ2) is 18.1. The van der Waals surface area contributed by atoms with Crippen molar-refractivity contribution < 1.29 is 47.7 Å². The second-order valence-corrected chi connectivity index (χ2v) is 24.7. The topological polar surface area (TPSA) is 265 Å². The van der Waals surface area contributed by atoms with Gasteiger partial charge in [-0.1, -0.05) is 0 Å². The Morgan fingerprint density at radius 3 is 1.38 bits per heavy atom. The lowest BCUT2D eigenvalue weighted by Gasteiger charge is -2.57. The number of anilines is 1. The number of hydrogen-bond acceptors (Lipinski definition) is 14. The molecule has 2 aromatic heterocycles. The number of fused-ring (bicyclic) bond motifs is 1. The summed E-state index contributed by atoms with van der Waals surface area (Å²) in [4.78, 5) is 106. The van der Waals surface area contributed by atoms with Gasteiger partial charge in [-0.3, -0.25) is 43.1 Å². The van der Waals surface area contributed by atoms with E-state index in [1.807, 2.05) is 0 Å². The van der Waals surface area contributed by atoms with Gasteiger partial charge in [-0.05, 0) is 169 Å². The van der Waals surface area contributed by atoms with Crippen LogP contribution in [0.25, 0.3) is 11.2 Å². The molecule has 13 aliphatic rings. The summed E-state index contributed by atoms with van der Waals surface area (Å²) in [6.07, 6.45) is 14.3. The summed E-state index contributed by atoms with van der Waals surface area (Å²) < 4.78 is 25.8.